The van der Waals surface area contributed by atoms with E-state index in [2.05, 4.69) is 10.4 Å². The van der Waals surface area contributed by atoms with Gasteiger partial charge >= 0.3 is 6.18 Å². The number of aromatic nitrogens is 2. The molecule has 20 heavy (non-hydrogen) atoms. The summed E-state index contributed by atoms with van der Waals surface area (Å²) in [6.07, 6.45) is -2.90. The highest BCUT2D eigenvalue weighted by atomic mass is 35.5. The van der Waals surface area contributed by atoms with E-state index in [4.69, 9.17) is 11.6 Å². The molecular formula is C13H13ClF3N3. The summed E-state index contributed by atoms with van der Waals surface area (Å²) in [5.74, 6) is 0. The molecule has 2 aromatic rings. The maximum Gasteiger partial charge on any atom is 0.416 e. The molecule has 108 valence electrons. The monoisotopic (exact) mass is 303 g/mol. The van der Waals surface area contributed by atoms with Crippen LogP contribution in [-0.2, 0) is 13.2 Å². The van der Waals surface area contributed by atoms with Gasteiger partial charge in [-0.2, -0.15) is 18.3 Å². The molecule has 0 bridgehead atoms. The normalized spacial score (nSPS) is 13.5. The van der Waals surface area contributed by atoms with Crippen LogP contribution in [0.5, 0.6) is 0 Å². The van der Waals surface area contributed by atoms with E-state index in [0.717, 1.165) is 12.1 Å². The summed E-state index contributed by atoms with van der Waals surface area (Å²) in [6, 6.07) is 4.70. The summed E-state index contributed by atoms with van der Waals surface area (Å²) in [5, 5.41) is 7.38. The molecule has 0 aliphatic carbocycles. The molecule has 1 atom stereocenters. The molecule has 1 unspecified atom stereocenters. The third kappa shape index (κ3) is 2.81. The van der Waals surface area contributed by atoms with Gasteiger partial charge in [-0.3, -0.25) is 4.68 Å². The number of benzene rings is 1. The van der Waals surface area contributed by atoms with Gasteiger partial charge in [0.25, 0.3) is 0 Å². The van der Waals surface area contributed by atoms with Crippen LogP contribution in [0.4, 0.5) is 13.2 Å². The molecule has 0 fully saturated rings. The summed E-state index contributed by atoms with van der Waals surface area (Å²) in [5.41, 5.74) is 0.412. The highest BCUT2D eigenvalue weighted by Crippen LogP contribution is 2.33. The van der Waals surface area contributed by atoms with Crippen molar-refractivity contribution in [1.82, 2.24) is 15.1 Å². The standard InChI is InChI=1S/C13H13ClF3N3/c1-18-11(12-10(14)7-19-20(12)2)8-4-3-5-9(6-8)13(15,16)17/h3-7,11,18H,1-2H3. The lowest BCUT2D eigenvalue weighted by Gasteiger charge is -2.19. The molecule has 0 spiro atoms. The second-order valence-electron chi connectivity index (χ2n) is 4.35. The third-order valence-corrected chi connectivity index (χ3v) is 3.34. The molecule has 3 nitrogen and oxygen atoms in total. The number of nitrogens with one attached hydrogen (secondary N) is 1. The lowest BCUT2D eigenvalue weighted by atomic mass is 10.0. The molecule has 1 aromatic carbocycles. The summed E-state index contributed by atoms with van der Waals surface area (Å²) in [7, 11) is 3.35. The minimum atomic E-state index is -4.37. The Hall–Kier alpha value is -1.53. The van der Waals surface area contributed by atoms with Crippen LogP contribution in [-0.4, -0.2) is 16.8 Å². The fourth-order valence-corrected chi connectivity index (χ4v) is 2.38. The Kier molecular flexibility index (Phi) is 4.06. The van der Waals surface area contributed by atoms with Crippen molar-refractivity contribution in [2.24, 2.45) is 7.05 Å². The topological polar surface area (TPSA) is 29.9 Å². The predicted octanol–water partition coefficient (Wildman–Crippen LogP) is 3.40. The Balaban J connectivity index is 2.48. The fourth-order valence-electron chi connectivity index (χ4n) is 2.10. The minimum Gasteiger partial charge on any atom is -0.308 e. The Labute approximate surface area is 119 Å². The van der Waals surface area contributed by atoms with Gasteiger partial charge in [0.05, 0.1) is 28.5 Å². The van der Waals surface area contributed by atoms with Crippen molar-refractivity contribution in [3.05, 3.63) is 52.3 Å². The zero-order valence-corrected chi connectivity index (χ0v) is 11.6. The molecular weight excluding hydrogens is 291 g/mol. The number of hydrogen-bond donors (Lipinski definition) is 1. The van der Waals surface area contributed by atoms with Gasteiger partial charge in [-0.05, 0) is 24.7 Å². The maximum atomic E-state index is 12.8. The van der Waals surface area contributed by atoms with Gasteiger partial charge in [0, 0.05) is 7.05 Å². The lowest BCUT2D eigenvalue weighted by molar-refractivity contribution is -0.137. The van der Waals surface area contributed by atoms with E-state index in [1.807, 2.05) is 0 Å². The Morgan fingerprint density at radius 1 is 1.35 bits per heavy atom. The summed E-state index contributed by atoms with van der Waals surface area (Å²) in [6.45, 7) is 0. The molecule has 0 saturated heterocycles. The number of halogens is 4. The van der Waals surface area contributed by atoms with Crippen LogP contribution >= 0.6 is 11.6 Å². The zero-order chi connectivity index (χ0) is 14.9. The first kappa shape index (κ1) is 14.9. The van der Waals surface area contributed by atoms with Crippen molar-refractivity contribution < 1.29 is 13.2 Å². The van der Waals surface area contributed by atoms with Crippen molar-refractivity contribution >= 4 is 11.6 Å². The molecule has 0 saturated carbocycles. The van der Waals surface area contributed by atoms with Crippen LogP contribution in [0.25, 0.3) is 0 Å². The van der Waals surface area contributed by atoms with Gasteiger partial charge in [-0.15, -0.1) is 0 Å². The highest BCUT2D eigenvalue weighted by molar-refractivity contribution is 6.31. The van der Waals surface area contributed by atoms with E-state index in [0.29, 0.717) is 16.3 Å². The van der Waals surface area contributed by atoms with Crippen molar-refractivity contribution in [3.63, 3.8) is 0 Å². The average molecular weight is 304 g/mol. The number of rotatable bonds is 3. The van der Waals surface area contributed by atoms with E-state index < -0.39 is 17.8 Å². The SMILES string of the molecule is CNC(c1cccc(C(F)(F)F)c1)c1c(Cl)cnn1C. The van der Waals surface area contributed by atoms with Crippen molar-refractivity contribution in [3.8, 4) is 0 Å². The molecule has 1 N–H and O–H groups in total. The molecule has 1 aromatic heterocycles. The average Bonchev–Trinajstić information content (AvgIpc) is 2.71. The van der Waals surface area contributed by atoms with Crippen LogP contribution in [0.1, 0.15) is 22.9 Å². The fraction of sp³-hybridized carbons (Fsp3) is 0.308. The first-order chi connectivity index (χ1) is 9.34. The van der Waals surface area contributed by atoms with Gasteiger partial charge in [-0.25, -0.2) is 0 Å². The van der Waals surface area contributed by atoms with E-state index in [9.17, 15) is 13.2 Å². The number of aryl methyl sites for hydroxylation is 1. The lowest BCUT2D eigenvalue weighted by Crippen LogP contribution is -2.21. The molecule has 2 rings (SSSR count). The Bertz CT molecular complexity index is 588. The zero-order valence-electron chi connectivity index (χ0n) is 10.9. The predicted molar refractivity (Wildman–Crippen MR) is 70.6 cm³/mol. The summed E-state index contributed by atoms with van der Waals surface area (Å²) >= 11 is 6.05. The smallest absolute Gasteiger partial charge is 0.308 e. The molecule has 1 heterocycles. The third-order valence-electron chi connectivity index (χ3n) is 3.05. The van der Waals surface area contributed by atoms with Crippen LogP contribution in [0, 0.1) is 0 Å². The molecule has 0 aliphatic rings. The Morgan fingerprint density at radius 2 is 2.05 bits per heavy atom. The first-order valence-corrected chi connectivity index (χ1v) is 6.24. The second-order valence-corrected chi connectivity index (χ2v) is 4.75. The Morgan fingerprint density at radius 3 is 2.55 bits per heavy atom. The van der Waals surface area contributed by atoms with Crippen LogP contribution in [0.3, 0.4) is 0 Å². The highest BCUT2D eigenvalue weighted by Gasteiger charge is 2.31. The van der Waals surface area contributed by atoms with E-state index in [1.54, 1.807) is 24.8 Å². The van der Waals surface area contributed by atoms with Crippen molar-refractivity contribution in [1.29, 1.82) is 0 Å². The minimum absolute atomic E-state index is 0.407. The maximum absolute atomic E-state index is 12.8. The van der Waals surface area contributed by atoms with E-state index >= 15 is 0 Å². The van der Waals surface area contributed by atoms with Crippen molar-refractivity contribution in [2.45, 2.75) is 12.2 Å². The molecule has 7 heteroatoms. The summed E-state index contributed by atoms with van der Waals surface area (Å²) < 4.78 is 39.9. The van der Waals surface area contributed by atoms with Crippen LogP contribution in [0.15, 0.2) is 30.5 Å². The van der Waals surface area contributed by atoms with Gasteiger partial charge in [0.2, 0.25) is 0 Å². The largest absolute Gasteiger partial charge is 0.416 e. The van der Waals surface area contributed by atoms with Gasteiger partial charge in [0.15, 0.2) is 0 Å². The van der Waals surface area contributed by atoms with Gasteiger partial charge in [-0.1, -0.05) is 23.7 Å². The van der Waals surface area contributed by atoms with Crippen molar-refractivity contribution in [2.75, 3.05) is 7.05 Å². The first-order valence-electron chi connectivity index (χ1n) is 5.86. The molecule has 0 aliphatic heterocycles. The summed E-state index contributed by atoms with van der Waals surface area (Å²) in [4.78, 5) is 0. The van der Waals surface area contributed by atoms with Crippen LogP contribution in [0.2, 0.25) is 5.02 Å². The van der Waals surface area contributed by atoms with E-state index in [1.165, 1.54) is 12.3 Å². The number of nitrogens with zero attached hydrogens (tertiary/aromatic N) is 2. The number of hydrogen-bond acceptors (Lipinski definition) is 2. The molecule has 0 amide bonds. The number of alkyl halides is 3. The van der Waals surface area contributed by atoms with Crippen LogP contribution < -0.4 is 5.32 Å². The van der Waals surface area contributed by atoms with Gasteiger partial charge in [0.1, 0.15) is 0 Å². The second kappa shape index (κ2) is 5.46. The van der Waals surface area contributed by atoms with Gasteiger partial charge < -0.3 is 5.32 Å². The quantitative estimate of drug-likeness (QED) is 0.942. The van der Waals surface area contributed by atoms with E-state index in [-0.39, 0.29) is 0 Å². The molecule has 0 radical (unpaired) electrons.